The van der Waals surface area contributed by atoms with E-state index in [0.29, 0.717) is 13.0 Å². The second-order valence-corrected chi connectivity index (χ2v) is 8.03. The summed E-state index contributed by atoms with van der Waals surface area (Å²) in [4.78, 5) is 28.2. The highest BCUT2D eigenvalue weighted by Crippen LogP contribution is 2.28. The lowest BCUT2D eigenvalue weighted by Gasteiger charge is -2.40. The number of hydrogen-bond acceptors (Lipinski definition) is 4. The van der Waals surface area contributed by atoms with Crippen LogP contribution in [0.15, 0.2) is 66.7 Å². The van der Waals surface area contributed by atoms with Crippen molar-refractivity contribution in [2.75, 3.05) is 19.6 Å². The van der Waals surface area contributed by atoms with Gasteiger partial charge >= 0.3 is 6.09 Å². The van der Waals surface area contributed by atoms with E-state index in [2.05, 4.69) is 5.10 Å². The van der Waals surface area contributed by atoms with Gasteiger partial charge in [-0.2, -0.15) is 5.10 Å². The Morgan fingerprint density at radius 3 is 2.41 bits per heavy atom. The minimum Gasteiger partial charge on any atom is -0.465 e. The van der Waals surface area contributed by atoms with E-state index in [0.717, 1.165) is 22.6 Å². The first-order valence-corrected chi connectivity index (χ1v) is 10.6. The summed E-state index contributed by atoms with van der Waals surface area (Å²) in [5.74, 6) is -0.175. The Morgan fingerprint density at radius 1 is 1.09 bits per heavy atom. The predicted molar refractivity (Wildman–Crippen MR) is 120 cm³/mol. The van der Waals surface area contributed by atoms with Gasteiger partial charge in [-0.3, -0.25) is 9.69 Å². The van der Waals surface area contributed by atoms with Crippen LogP contribution < -0.4 is 5.73 Å². The van der Waals surface area contributed by atoms with Crippen LogP contribution in [0.3, 0.4) is 0 Å². The lowest BCUT2D eigenvalue weighted by Crippen LogP contribution is -2.56. The molecule has 4 rings (SSSR count). The number of carbonyl (C=O) groups excluding carboxylic acids is 1. The summed E-state index contributed by atoms with van der Waals surface area (Å²) in [6.07, 6.45) is -0.584. The minimum atomic E-state index is -1.02. The highest BCUT2D eigenvalue weighted by molar-refractivity contribution is 5.82. The van der Waals surface area contributed by atoms with Gasteiger partial charge in [-0.25, -0.2) is 9.48 Å². The molecule has 1 aliphatic heterocycles. The molecule has 2 aromatic carbocycles. The van der Waals surface area contributed by atoms with Gasteiger partial charge in [-0.1, -0.05) is 48.5 Å². The standard InChI is InChI=1S/C24H27N5O3/c1-17-14-21(29(26-17)19-10-6-3-7-11-19)22-16-27(12-13-28(22)24(31)32)23(30)20(25)15-18-8-4-2-5-9-18/h2-11,14,20,22H,12-13,15-16,25H2,1H3,(H,31,32)/t20?,22-/m0/s1. The number of para-hydroxylation sites is 1. The zero-order valence-corrected chi connectivity index (χ0v) is 18.0. The van der Waals surface area contributed by atoms with Crippen molar-refractivity contribution in [3.05, 3.63) is 83.7 Å². The molecule has 1 saturated heterocycles. The van der Waals surface area contributed by atoms with E-state index in [-0.39, 0.29) is 19.0 Å². The van der Waals surface area contributed by atoms with Crippen LogP contribution in [0.2, 0.25) is 0 Å². The van der Waals surface area contributed by atoms with Crippen molar-refractivity contribution in [3.63, 3.8) is 0 Å². The van der Waals surface area contributed by atoms with Gasteiger partial charge in [0.25, 0.3) is 0 Å². The topological polar surface area (TPSA) is 105 Å². The summed E-state index contributed by atoms with van der Waals surface area (Å²) in [6.45, 7) is 2.62. The van der Waals surface area contributed by atoms with Gasteiger partial charge in [0.2, 0.25) is 5.91 Å². The number of carbonyl (C=O) groups is 2. The molecule has 2 amide bonds. The SMILES string of the molecule is Cc1cc([C@@H]2CN(C(=O)C(N)Cc3ccccc3)CCN2C(=O)O)n(-c2ccccc2)n1. The minimum absolute atomic E-state index is 0.175. The number of piperazine rings is 1. The average molecular weight is 434 g/mol. The van der Waals surface area contributed by atoms with E-state index in [4.69, 9.17) is 5.73 Å². The van der Waals surface area contributed by atoms with Crippen molar-refractivity contribution < 1.29 is 14.7 Å². The van der Waals surface area contributed by atoms with Crippen molar-refractivity contribution in [1.82, 2.24) is 19.6 Å². The van der Waals surface area contributed by atoms with Crippen molar-refractivity contribution in [2.24, 2.45) is 5.73 Å². The third-order valence-corrected chi connectivity index (χ3v) is 5.75. The van der Waals surface area contributed by atoms with Crippen molar-refractivity contribution in [2.45, 2.75) is 25.4 Å². The molecule has 32 heavy (non-hydrogen) atoms. The Kier molecular flexibility index (Phi) is 6.23. The number of amides is 2. The molecule has 1 fully saturated rings. The summed E-state index contributed by atoms with van der Waals surface area (Å²) < 4.78 is 1.76. The average Bonchev–Trinajstić information content (AvgIpc) is 3.21. The molecule has 166 valence electrons. The van der Waals surface area contributed by atoms with Gasteiger partial charge in [0, 0.05) is 19.6 Å². The van der Waals surface area contributed by atoms with Crippen LogP contribution in [-0.2, 0) is 11.2 Å². The molecular weight excluding hydrogens is 406 g/mol. The van der Waals surface area contributed by atoms with Crippen LogP contribution in [-0.4, -0.2) is 62.4 Å². The number of nitrogens with two attached hydrogens (primary N) is 1. The number of rotatable bonds is 5. The molecule has 1 unspecified atom stereocenters. The van der Waals surface area contributed by atoms with E-state index in [1.54, 1.807) is 9.58 Å². The monoisotopic (exact) mass is 433 g/mol. The number of aromatic nitrogens is 2. The fraction of sp³-hybridized carbons (Fsp3) is 0.292. The highest BCUT2D eigenvalue weighted by atomic mass is 16.4. The summed E-state index contributed by atoms with van der Waals surface area (Å²) in [5, 5.41) is 14.4. The van der Waals surface area contributed by atoms with Gasteiger partial charge in [0.05, 0.1) is 29.2 Å². The molecule has 0 bridgehead atoms. The fourth-order valence-electron chi connectivity index (χ4n) is 4.19. The first-order chi connectivity index (χ1) is 15.4. The second-order valence-electron chi connectivity index (χ2n) is 8.03. The Labute approximate surface area is 186 Å². The second kappa shape index (κ2) is 9.23. The quantitative estimate of drug-likeness (QED) is 0.644. The lowest BCUT2D eigenvalue weighted by molar-refractivity contribution is -0.135. The van der Waals surface area contributed by atoms with Crippen molar-refractivity contribution >= 4 is 12.0 Å². The number of carboxylic acid groups (broad SMARTS) is 1. The molecule has 8 nitrogen and oxygen atoms in total. The van der Waals surface area contributed by atoms with Crippen LogP contribution in [0.1, 0.15) is 23.0 Å². The number of nitrogens with zero attached hydrogens (tertiary/aromatic N) is 4. The van der Waals surface area contributed by atoms with Gasteiger partial charge in [0.1, 0.15) is 0 Å². The lowest BCUT2D eigenvalue weighted by atomic mass is 10.0. The Hall–Kier alpha value is -3.65. The molecule has 0 saturated carbocycles. The van der Waals surface area contributed by atoms with Crippen molar-refractivity contribution in [1.29, 1.82) is 0 Å². The van der Waals surface area contributed by atoms with Crippen molar-refractivity contribution in [3.8, 4) is 5.69 Å². The van der Waals surface area contributed by atoms with E-state index in [1.807, 2.05) is 73.7 Å². The van der Waals surface area contributed by atoms with E-state index in [9.17, 15) is 14.7 Å². The maximum atomic E-state index is 13.1. The summed E-state index contributed by atoms with van der Waals surface area (Å²) >= 11 is 0. The molecule has 1 aromatic heterocycles. The van der Waals surface area contributed by atoms with Gasteiger partial charge < -0.3 is 15.7 Å². The van der Waals surface area contributed by atoms with Gasteiger partial charge in [-0.05, 0) is 37.1 Å². The highest BCUT2D eigenvalue weighted by Gasteiger charge is 2.37. The number of aryl methyl sites for hydroxylation is 1. The molecule has 0 spiro atoms. The zero-order valence-electron chi connectivity index (χ0n) is 18.0. The van der Waals surface area contributed by atoms with Crippen LogP contribution in [0.4, 0.5) is 4.79 Å². The summed E-state index contributed by atoms with van der Waals surface area (Å²) in [5.41, 5.74) is 9.58. The van der Waals surface area contributed by atoms with Crippen LogP contribution >= 0.6 is 0 Å². The van der Waals surface area contributed by atoms with Crippen LogP contribution in [0.5, 0.6) is 0 Å². The Morgan fingerprint density at radius 2 is 1.75 bits per heavy atom. The van der Waals surface area contributed by atoms with Crippen LogP contribution in [0, 0.1) is 6.92 Å². The molecule has 0 radical (unpaired) electrons. The molecule has 1 aliphatic rings. The smallest absolute Gasteiger partial charge is 0.407 e. The first-order valence-electron chi connectivity index (χ1n) is 10.6. The number of benzene rings is 2. The molecule has 3 aromatic rings. The molecular formula is C24H27N5O3. The molecule has 3 N–H and O–H groups in total. The molecule has 2 heterocycles. The number of hydrogen-bond donors (Lipinski definition) is 2. The maximum absolute atomic E-state index is 13.1. The molecule has 8 heteroatoms. The first kappa shape index (κ1) is 21.6. The normalized spacial score (nSPS) is 17.2. The maximum Gasteiger partial charge on any atom is 0.407 e. The Bertz CT molecular complexity index is 1080. The van der Waals surface area contributed by atoms with E-state index in [1.165, 1.54) is 4.90 Å². The summed E-state index contributed by atoms with van der Waals surface area (Å²) in [6, 6.07) is 19.9. The Balaban J connectivity index is 1.60. The van der Waals surface area contributed by atoms with Gasteiger partial charge in [0.15, 0.2) is 0 Å². The van der Waals surface area contributed by atoms with E-state index < -0.39 is 18.2 Å². The van der Waals surface area contributed by atoms with E-state index >= 15 is 0 Å². The third kappa shape index (κ3) is 4.50. The molecule has 0 aliphatic carbocycles. The third-order valence-electron chi connectivity index (χ3n) is 5.75. The fourth-order valence-corrected chi connectivity index (χ4v) is 4.19. The van der Waals surface area contributed by atoms with Gasteiger partial charge in [-0.15, -0.1) is 0 Å². The summed E-state index contributed by atoms with van der Waals surface area (Å²) in [7, 11) is 0. The zero-order chi connectivity index (χ0) is 22.7. The molecule has 2 atom stereocenters. The largest absolute Gasteiger partial charge is 0.465 e. The van der Waals surface area contributed by atoms with Crippen LogP contribution in [0.25, 0.3) is 5.69 Å². The predicted octanol–water partition coefficient (Wildman–Crippen LogP) is 2.61.